The highest BCUT2D eigenvalue weighted by Gasteiger charge is 2.01. The van der Waals surface area contributed by atoms with E-state index in [1.165, 1.54) is 5.57 Å². The van der Waals surface area contributed by atoms with Gasteiger partial charge >= 0.3 is 0 Å². The largest absolute Gasteiger partial charge is 0.392 e. The second kappa shape index (κ2) is 7.10. The van der Waals surface area contributed by atoms with Crippen molar-refractivity contribution in [2.75, 3.05) is 6.54 Å². The van der Waals surface area contributed by atoms with E-state index < -0.39 is 0 Å². The molecule has 13 heavy (non-hydrogen) atoms. The summed E-state index contributed by atoms with van der Waals surface area (Å²) in [7, 11) is 0. The SMILES string of the molecule is CC(C)=CCCC(C)NC[C@@H](C)O. The summed E-state index contributed by atoms with van der Waals surface area (Å²) in [6.45, 7) is 8.88. The number of hydrogen-bond donors (Lipinski definition) is 2. The summed E-state index contributed by atoms with van der Waals surface area (Å²) in [5.74, 6) is 0. The van der Waals surface area contributed by atoms with Crippen LogP contribution in [0.5, 0.6) is 0 Å². The first-order valence-corrected chi connectivity index (χ1v) is 5.07. The minimum absolute atomic E-state index is 0.245. The molecule has 0 bridgehead atoms. The van der Waals surface area contributed by atoms with Gasteiger partial charge in [0, 0.05) is 12.6 Å². The van der Waals surface area contributed by atoms with Crippen molar-refractivity contribution in [2.24, 2.45) is 0 Å². The third kappa shape index (κ3) is 9.57. The molecule has 0 amide bonds. The average molecular weight is 185 g/mol. The van der Waals surface area contributed by atoms with Gasteiger partial charge in [-0.2, -0.15) is 0 Å². The maximum absolute atomic E-state index is 9.04. The third-order valence-corrected chi connectivity index (χ3v) is 1.91. The van der Waals surface area contributed by atoms with Gasteiger partial charge in [0.1, 0.15) is 0 Å². The highest BCUT2D eigenvalue weighted by molar-refractivity contribution is 4.93. The Labute approximate surface area is 82.0 Å². The molecular formula is C11H23NO. The Hall–Kier alpha value is -0.340. The van der Waals surface area contributed by atoms with E-state index in [0.717, 1.165) is 12.8 Å². The van der Waals surface area contributed by atoms with Crippen LogP contribution in [-0.2, 0) is 0 Å². The van der Waals surface area contributed by atoms with Gasteiger partial charge in [-0.15, -0.1) is 0 Å². The minimum atomic E-state index is -0.245. The number of aliphatic hydroxyl groups excluding tert-OH is 1. The second-order valence-corrected chi connectivity index (χ2v) is 4.02. The van der Waals surface area contributed by atoms with Gasteiger partial charge in [-0.25, -0.2) is 0 Å². The van der Waals surface area contributed by atoms with Crippen LogP contribution in [0, 0.1) is 0 Å². The number of aliphatic hydroxyl groups is 1. The summed E-state index contributed by atoms with van der Waals surface area (Å²) < 4.78 is 0. The summed E-state index contributed by atoms with van der Waals surface area (Å²) in [5, 5.41) is 12.3. The Kier molecular flexibility index (Phi) is 6.92. The quantitative estimate of drug-likeness (QED) is 0.621. The minimum Gasteiger partial charge on any atom is -0.392 e. The van der Waals surface area contributed by atoms with E-state index in [0.29, 0.717) is 12.6 Å². The van der Waals surface area contributed by atoms with Gasteiger partial charge in [-0.05, 0) is 40.5 Å². The predicted octanol–water partition coefficient (Wildman–Crippen LogP) is 2.09. The highest BCUT2D eigenvalue weighted by atomic mass is 16.3. The smallest absolute Gasteiger partial charge is 0.0636 e. The second-order valence-electron chi connectivity index (χ2n) is 4.02. The van der Waals surface area contributed by atoms with Gasteiger partial charge in [0.05, 0.1) is 6.10 Å². The lowest BCUT2D eigenvalue weighted by Gasteiger charge is -2.13. The van der Waals surface area contributed by atoms with E-state index in [9.17, 15) is 0 Å². The zero-order chi connectivity index (χ0) is 10.3. The maximum Gasteiger partial charge on any atom is 0.0636 e. The molecule has 0 spiro atoms. The van der Waals surface area contributed by atoms with Crippen LogP contribution in [0.15, 0.2) is 11.6 Å². The molecule has 2 atom stereocenters. The third-order valence-electron chi connectivity index (χ3n) is 1.91. The van der Waals surface area contributed by atoms with Crippen molar-refractivity contribution in [3.05, 3.63) is 11.6 Å². The van der Waals surface area contributed by atoms with Crippen LogP contribution in [-0.4, -0.2) is 23.8 Å². The number of hydrogen-bond acceptors (Lipinski definition) is 2. The van der Waals surface area contributed by atoms with Gasteiger partial charge in [0.25, 0.3) is 0 Å². The lowest BCUT2D eigenvalue weighted by Crippen LogP contribution is -2.32. The molecule has 2 heteroatoms. The molecule has 0 aliphatic rings. The molecule has 0 saturated heterocycles. The van der Waals surface area contributed by atoms with Crippen molar-refractivity contribution in [3.8, 4) is 0 Å². The lowest BCUT2D eigenvalue weighted by atomic mass is 10.1. The van der Waals surface area contributed by atoms with Crippen molar-refractivity contribution < 1.29 is 5.11 Å². The molecule has 1 unspecified atom stereocenters. The Morgan fingerprint density at radius 3 is 2.46 bits per heavy atom. The Bertz CT molecular complexity index is 148. The van der Waals surface area contributed by atoms with E-state index in [1.807, 2.05) is 0 Å². The summed E-state index contributed by atoms with van der Waals surface area (Å²) in [6.07, 6.45) is 4.26. The van der Waals surface area contributed by atoms with E-state index in [2.05, 4.69) is 32.2 Å². The summed E-state index contributed by atoms with van der Waals surface area (Å²) in [6, 6.07) is 0.491. The topological polar surface area (TPSA) is 32.3 Å². The van der Waals surface area contributed by atoms with Crippen molar-refractivity contribution in [1.82, 2.24) is 5.32 Å². The van der Waals surface area contributed by atoms with Crippen LogP contribution >= 0.6 is 0 Å². The summed E-state index contributed by atoms with van der Waals surface area (Å²) in [5.41, 5.74) is 1.38. The predicted molar refractivity (Wildman–Crippen MR) is 57.8 cm³/mol. The van der Waals surface area contributed by atoms with E-state index in [-0.39, 0.29) is 6.10 Å². The zero-order valence-electron chi connectivity index (χ0n) is 9.30. The molecular weight excluding hydrogens is 162 g/mol. The van der Waals surface area contributed by atoms with Crippen LogP contribution in [0.4, 0.5) is 0 Å². The summed E-state index contributed by atoms with van der Waals surface area (Å²) >= 11 is 0. The molecule has 0 aliphatic heterocycles. The van der Waals surface area contributed by atoms with E-state index in [1.54, 1.807) is 6.92 Å². The first-order chi connectivity index (χ1) is 6.02. The Morgan fingerprint density at radius 1 is 1.38 bits per heavy atom. The number of nitrogens with one attached hydrogen (secondary N) is 1. The molecule has 0 aliphatic carbocycles. The number of rotatable bonds is 6. The highest BCUT2D eigenvalue weighted by Crippen LogP contribution is 2.00. The molecule has 0 radical (unpaired) electrons. The normalized spacial score (nSPS) is 15.2. The van der Waals surface area contributed by atoms with Gasteiger partial charge in [0.2, 0.25) is 0 Å². The maximum atomic E-state index is 9.04. The Balaban J connectivity index is 3.40. The van der Waals surface area contributed by atoms with E-state index >= 15 is 0 Å². The van der Waals surface area contributed by atoms with Crippen LogP contribution in [0.2, 0.25) is 0 Å². The van der Waals surface area contributed by atoms with Crippen LogP contribution in [0.1, 0.15) is 40.5 Å². The Morgan fingerprint density at radius 2 is 2.00 bits per heavy atom. The fourth-order valence-corrected chi connectivity index (χ4v) is 1.10. The van der Waals surface area contributed by atoms with Crippen molar-refractivity contribution >= 4 is 0 Å². The monoisotopic (exact) mass is 185 g/mol. The van der Waals surface area contributed by atoms with Gasteiger partial charge in [-0.3, -0.25) is 0 Å². The molecule has 0 aromatic heterocycles. The van der Waals surface area contributed by atoms with Crippen molar-refractivity contribution in [1.29, 1.82) is 0 Å². The average Bonchev–Trinajstić information content (AvgIpc) is 2.00. The molecule has 0 fully saturated rings. The standard InChI is InChI=1S/C11H23NO/c1-9(2)6-5-7-10(3)12-8-11(4)13/h6,10-13H,5,7-8H2,1-4H3/t10?,11-/m1/s1. The van der Waals surface area contributed by atoms with E-state index in [4.69, 9.17) is 5.11 Å². The molecule has 0 rings (SSSR count). The van der Waals surface area contributed by atoms with Crippen molar-refractivity contribution in [3.63, 3.8) is 0 Å². The molecule has 0 heterocycles. The van der Waals surface area contributed by atoms with Gasteiger partial charge in [0.15, 0.2) is 0 Å². The molecule has 0 aromatic rings. The molecule has 78 valence electrons. The fourth-order valence-electron chi connectivity index (χ4n) is 1.10. The molecule has 0 aromatic carbocycles. The molecule has 2 N–H and O–H groups in total. The van der Waals surface area contributed by atoms with Crippen LogP contribution in [0.25, 0.3) is 0 Å². The molecule has 2 nitrogen and oxygen atoms in total. The fraction of sp³-hybridized carbons (Fsp3) is 0.818. The van der Waals surface area contributed by atoms with Crippen LogP contribution < -0.4 is 5.32 Å². The van der Waals surface area contributed by atoms with Crippen LogP contribution in [0.3, 0.4) is 0 Å². The van der Waals surface area contributed by atoms with Crippen molar-refractivity contribution in [2.45, 2.75) is 52.7 Å². The lowest BCUT2D eigenvalue weighted by molar-refractivity contribution is 0.186. The summed E-state index contributed by atoms with van der Waals surface area (Å²) in [4.78, 5) is 0. The van der Waals surface area contributed by atoms with Gasteiger partial charge < -0.3 is 10.4 Å². The molecule has 0 saturated carbocycles. The number of allylic oxidation sites excluding steroid dienone is 2. The first-order valence-electron chi connectivity index (χ1n) is 5.07. The zero-order valence-corrected chi connectivity index (χ0v) is 9.30. The van der Waals surface area contributed by atoms with Gasteiger partial charge in [-0.1, -0.05) is 11.6 Å². The first kappa shape index (κ1) is 12.7.